The lowest BCUT2D eigenvalue weighted by atomic mass is 10.2. The monoisotopic (exact) mass is 312 g/mol. The first-order chi connectivity index (χ1) is 9.86. The standard InChI is InChI=1S/C15H24N2O3S/c1-4-5-12-17(21(3,19)20)13-11-15(18)16(2)14-9-7-6-8-10-14/h6-10H,4-5,11-13H2,1-3H3. The molecule has 21 heavy (non-hydrogen) atoms. The Labute approximate surface area is 127 Å². The van der Waals surface area contributed by atoms with Crippen LogP contribution in [0.5, 0.6) is 0 Å². The van der Waals surface area contributed by atoms with Crippen molar-refractivity contribution in [3.05, 3.63) is 30.3 Å². The van der Waals surface area contributed by atoms with Crippen molar-refractivity contribution in [1.29, 1.82) is 0 Å². The first-order valence-corrected chi connectivity index (χ1v) is 8.97. The van der Waals surface area contributed by atoms with Crippen LogP contribution in [0.25, 0.3) is 0 Å². The van der Waals surface area contributed by atoms with Gasteiger partial charge in [0.05, 0.1) is 6.26 Å². The molecule has 0 heterocycles. The van der Waals surface area contributed by atoms with Gasteiger partial charge in [-0.05, 0) is 18.6 Å². The van der Waals surface area contributed by atoms with Crippen molar-refractivity contribution < 1.29 is 13.2 Å². The van der Waals surface area contributed by atoms with Crippen molar-refractivity contribution in [1.82, 2.24) is 4.31 Å². The van der Waals surface area contributed by atoms with Gasteiger partial charge in [-0.15, -0.1) is 0 Å². The maximum atomic E-state index is 12.2. The number of amides is 1. The van der Waals surface area contributed by atoms with Crippen LogP contribution in [0.4, 0.5) is 5.69 Å². The summed E-state index contributed by atoms with van der Waals surface area (Å²) in [6, 6.07) is 9.32. The van der Waals surface area contributed by atoms with Crippen LogP contribution in [0.3, 0.4) is 0 Å². The molecular weight excluding hydrogens is 288 g/mol. The molecule has 0 aliphatic heterocycles. The molecule has 1 rings (SSSR count). The lowest BCUT2D eigenvalue weighted by Crippen LogP contribution is -2.36. The molecule has 0 unspecified atom stereocenters. The number of carbonyl (C=O) groups is 1. The number of hydrogen-bond acceptors (Lipinski definition) is 3. The molecule has 0 aromatic heterocycles. The van der Waals surface area contributed by atoms with E-state index in [0.29, 0.717) is 6.54 Å². The molecule has 0 N–H and O–H groups in total. The Bertz CT molecular complexity index is 543. The Morgan fingerprint density at radius 1 is 1.14 bits per heavy atom. The molecule has 0 fully saturated rings. The summed E-state index contributed by atoms with van der Waals surface area (Å²) >= 11 is 0. The van der Waals surface area contributed by atoms with Gasteiger partial charge < -0.3 is 4.90 Å². The van der Waals surface area contributed by atoms with E-state index < -0.39 is 10.0 Å². The fourth-order valence-corrected chi connectivity index (χ4v) is 2.85. The SMILES string of the molecule is CCCCN(CCC(=O)N(C)c1ccccc1)S(C)(=O)=O. The van der Waals surface area contributed by atoms with E-state index in [4.69, 9.17) is 0 Å². The normalized spacial score (nSPS) is 11.6. The number of benzene rings is 1. The highest BCUT2D eigenvalue weighted by Crippen LogP contribution is 2.13. The van der Waals surface area contributed by atoms with Gasteiger partial charge >= 0.3 is 0 Å². The van der Waals surface area contributed by atoms with Crippen LogP contribution in [0.15, 0.2) is 30.3 Å². The summed E-state index contributed by atoms with van der Waals surface area (Å²) in [5, 5.41) is 0. The van der Waals surface area contributed by atoms with Crippen LogP contribution in [0.2, 0.25) is 0 Å². The van der Waals surface area contributed by atoms with Crippen molar-refractivity contribution >= 4 is 21.6 Å². The van der Waals surface area contributed by atoms with Crippen LogP contribution in [-0.4, -0.2) is 45.0 Å². The smallest absolute Gasteiger partial charge is 0.228 e. The summed E-state index contributed by atoms with van der Waals surface area (Å²) in [4.78, 5) is 13.7. The minimum atomic E-state index is -3.26. The number of rotatable bonds is 8. The molecule has 0 bridgehead atoms. The largest absolute Gasteiger partial charge is 0.315 e. The predicted octanol–water partition coefficient (Wildman–Crippen LogP) is 2.10. The van der Waals surface area contributed by atoms with Crippen molar-refractivity contribution in [3.63, 3.8) is 0 Å². The molecule has 0 saturated carbocycles. The summed E-state index contributed by atoms with van der Waals surface area (Å²) in [6.07, 6.45) is 3.09. The van der Waals surface area contributed by atoms with E-state index in [1.807, 2.05) is 37.3 Å². The Kier molecular flexibility index (Phi) is 6.84. The number of unbranched alkanes of at least 4 members (excludes halogenated alkanes) is 1. The van der Waals surface area contributed by atoms with Crippen LogP contribution in [-0.2, 0) is 14.8 Å². The van der Waals surface area contributed by atoms with Gasteiger partial charge in [0.15, 0.2) is 0 Å². The van der Waals surface area contributed by atoms with Gasteiger partial charge in [0.1, 0.15) is 0 Å². The average molecular weight is 312 g/mol. The first kappa shape index (κ1) is 17.7. The molecule has 6 heteroatoms. The topological polar surface area (TPSA) is 57.7 Å². The molecule has 1 aromatic carbocycles. The lowest BCUT2D eigenvalue weighted by Gasteiger charge is -2.22. The highest BCUT2D eigenvalue weighted by Gasteiger charge is 2.18. The molecule has 0 aliphatic carbocycles. The molecular formula is C15H24N2O3S. The number of para-hydroxylation sites is 1. The summed E-state index contributed by atoms with van der Waals surface area (Å²) in [6.45, 7) is 2.71. The number of carbonyl (C=O) groups excluding carboxylic acids is 1. The third kappa shape index (κ3) is 5.85. The summed E-state index contributed by atoms with van der Waals surface area (Å²) < 4.78 is 24.8. The first-order valence-electron chi connectivity index (χ1n) is 7.13. The minimum Gasteiger partial charge on any atom is -0.315 e. The predicted molar refractivity (Wildman–Crippen MR) is 85.8 cm³/mol. The second kappa shape index (κ2) is 8.14. The van der Waals surface area contributed by atoms with E-state index in [2.05, 4.69) is 0 Å². The van der Waals surface area contributed by atoms with Gasteiger partial charge in [-0.2, -0.15) is 0 Å². The van der Waals surface area contributed by atoms with Crippen molar-refractivity contribution in [2.75, 3.05) is 31.3 Å². The van der Waals surface area contributed by atoms with Crippen LogP contribution in [0.1, 0.15) is 26.2 Å². The zero-order valence-electron chi connectivity index (χ0n) is 12.9. The molecule has 118 valence electrons. The summed E-state index contributed by atoms with van der Waals surface area (Å²) in [5.41, 5.74) is 0.807. The van der Waals surface area contributed by atoms with E-state index in [9.17, 15) is 13.2 Å². The molecule has 0 saturated heterocycles. The molecule has 1 aromatic rings. The van der Waals surface area contributed by atoms with Gasteiger partial charge in [0, 0.05) is 32.2 Å². The summed E-state index contributed by atoms with van der Waals surface area (Å²) in [7, 11) is -1.56. The van der Waals surface area contributed by atoms with Crippen LogP contribution < -0.4 is 4.90 Å². The number of anilines is 1. The van der Waals surface area contributed by atoms with Crippen molar-refractivity contribution in [3.8, 4) is 0 Å². The van der Waals surface area contributed by atoms with E-state index in [1.165, 1.54) is 10.6 Å². The second-order valence-corrected chi connectivity index (χ2v) is 7.04. The number of nitrogens with zero attached hydrogens (tertiary/aromatic N) is 2. The third-order valence-electron chi connectivity index (χ3n) is 3.32. The van der Waals surface area contributed by atoms with Gasteiger partial charge in [-0.3, -0.25) is 4.79 Å². The van der Waals surface area contributed by atoms with Gasteiger partial charge in [0.25, 0.3) is 0 Å². The lowest BCUT2D eigenvalue weighted by molar-refractivity contribution is -0.118. The third-order valence-corrected chi connectivity index (χ3v) is 4.63. The fraction of sp³-hybridized carbons (Fsp3) is 0.533. The molecule has 0 spiro atoms. The van der Waals surface area contributed by atoms with E-state index in [1.54, 1.807) is 11.9 Å². The van der Waals surface area contributed by atoms with Gasteiger partial charge in [-0.25, -0.2) is 12.7 Å². The van der Waals surface area contributed by atoms with E-state index >= 15 is 0 Å². The Morgan fingerprint density at radius 2 is 1.76 bits per heavy atom. The van der Waals surface area contributed by atoms with E-state index in [-0.39, 0.29) is 18.9 Å². The zero-order chi connectivity index (χ0) is 15.9. The quantitative estimate of drug-likeness (QED) is 0.738. The Morgan fingerprint density at radius 3 is 2.29 bits per heavy atom. The van der Waals surface area contributed by atoms with Gasteiger partial charge in [-0.1, -0.05) is 31.5 Å². The van der Waals surface area contributed by atoms with Crippen molar-refractivity contribution in [2.45, 2.75) is 26.2 Å². The molecule has 0 atom stereocenters. The fourth-order valence-electron chi connectivity index (χ4n) is 1.96. The Hall–Kier alpha value is -1.40. The summed E-state index contributed by atoms with van der Waals surface area (Å²) in [5.74, 6) is -0.0913. The van der Waals surface area contributed by atoms with Gasteiger partial charge in [0.2, 0.25) is 15.9 Å². The van der Waals surface area contributed by atoms with Crippen LogP contribution >= 0.6 is 0 Å². The molecule has 0 aliphatic rings. The minimum absolute atomic E-state index is 0.0913. The highest BCUT2D eigenvalue weighted by atomic mass is 32.2. The molecule has 0 radical (unpaired) electrons. The zero-order valence-corrected chi connectivity index (χ0v) is 13.8. The van der Waals surface area contributed by atoms with Crippen molar-refractivity contribution in [2.24, 2.45) is 0 Å². The Balaban J connectivity index is 2.61. The van der Waals surface area contributed by atoms with E-state index in [0.717, 1.165) is 18.5 Å². The highest BCUT2D eigenvalue weighted by molar-refractivity contribution is 7.88. The maximum absolute atomic E-state index is 12.2. The number of hydrogen-bond donors (Lipinski definition) is 0. The molecule has 1 amide bonds. The number of sulfonamides is 1. The molecule has 5 nitrogen and oxygen atoms in total. The second-order valence-electron chi connectivity index (χ2n) is 5.05. The van der Waals surface area contributed by atoms with Crippen LogP contribution in [0, 0.1) is 0 Å². The average Bonchev–Trinajstić information content (AvgIpc) is 2.45. The maximum Gasteiger partial charge on any atom is 0.228 e.